The van der Waals surface area contributed by atoms with Crippen LogP contribution in [0.15, 0.2) is 42.1 Å². The van der Waals surface area contributed by atoms with Gasteiger partial charge in [0.05, 0.1) is 25.5 Å². The average molecular weight is 425 g/mol. The number of fused-ring (bicyclic) bond motifs is 1. The van der Waals surface area contributed by atoms with E-state index in [1.807, 2.05) is 37.3 Å². The Morgan fingerprint density at radius 1 is 1.03 bits per heavy atom. The number of amides is 3. The maximum atomic E-state index is 12.8. The van der Waals surface area contributed by atoms with E-state index >= 15 is 0 Å². The van der Waals surface area contributed by atoms with Crippen LogP contribution in [0.2, 0.25) is 0 Å². The fourth-order valence-corrected chi connectivity index (χ4v) is 3.48. The van der Waals surface area contributed by atoms with Gasteiger partial charge in [0.2, 0.25) is 0 Å². The lowest BCUT2D eigenvalue weighted by atomic mass is 10.0. The largest absolute Gasteiger partial charge is 0.493 e. The predicted octanol–water partition coefficient (Wildman–Crippen LogP) is 4.01. The Labute approximate surface area is 182 Å². The third-order valence-electron chi connectivity index (χ3n) is 5.14. The minimum atomic E-state index is -0.178. The van der Waals surface area contributed by atoms with E-state index in [0.717, 1.165) is 22.6 Å². The molecule has 0 unspecified atom stereocenters. The van der Waals surface area contributed by atoms with Gasteiger partial charge >= 0.3 is 6.03 Å². The van der Waals surface area contributed by atoms with Gasteiger partial charge < -0.3 is 25.0 Å². The standard InChI is InChI=1S/C23H28N4O4/c1-7-17(24-14-8-10-15(11-9-14)27(4)23(29)26(2)3)21-16-12-19(30-5)20(31-6)13-18(16)25-22(21)28/h8-13,24H,7H2,1-6H3,(H,25,28). The number of carbonyl (C=O) groups is 2. The number of rotatable bonds is 6. The van der Waals surface area contributed by atoms with E-state index in [2.05, 4.69) is 10.6 Å². The summed E-state index contributed by atoms with van der Waals surface area (Å²) < 4.78 is 10.7. The topological polar surface area (TPSA) is 83.1 Å². The monoisotopic (exact) mass is 424 g/mol. The molecule has 0 saturated carbocycles. The molecule has 2 aromatic carbocycles. The van der Waals surface area contributed by atoms with Crippen molar-refractivity contribution in [2.24, 2.45) is 0 Å². The predicted molar refractivity (Wildman–Crippen MR) is 123 cm³/mol. The Bertz CT molecular complexity index is 1030. The van der Waals surface area contributed by atoms with E-state index in [-0.39, 0.29) is 11.9 Å². The number of benzene rings is 2. The van der Waals surface area contributed by atoms with Crippen molar-refractivity contribution in [3.8, 4) is 11.5 Å². The molecular weight excluding hydrogens is 396 g/mol. The molecule has 1 heterocycles. The van der Waals surface area contributed by atoms with Crippen LogP contribution < -0.4 is 25.0 Å². The Morgan fingerprint density at radius 2 is 1.65 bits per heavy atom. The van der Waals surface area contributed by atoms with Crippen LogP contribution in [0.5, 0.6) is 11.5 Å². The minimum absolute atomic E-state index is 0.110. The molecule has 1 aliphatic rings. The van der Waals surface area contributed by atoms with E-state index in [1.165, 1.54) is 4.90 Å². The number of nitrogens with zero attached hydrogens (tertiary/aromatic N) is 2. The van der Waals surface area contributed by atoms with Crippen molar-refractivity contribution in [3.63, 3.8) is 0 Å². The number of hydrogen-bond donors (Lipinski definition) is 2. The molecule has 0 bridgehead atoms. The van der Waals surface area contributed by atoms with Crippen LogP contribution in [0.3, 0.4) is 0 Å². The summed E-state index contributed by atoms with van der Waals surface area (Å²) in [7, 11) is 8.28. The highest BCUT2D eigenvalue weighted by molar-refractivity contribution is 6.32. The van der Waals surface area contributed by atoms with Crippen molar-refractivity contribution >= 4 is 34.6 Å². The lowest BCUT2D eigenvalue weighted by molar-refractivity contribution is -0.110. The second kappa shape index (κ2) is 8.99. The van der Waals surface area contributed by atoms with Gasteiger partial charge in [-0.3, -0.25) is 9.69 Å². The number of methoxy groups -OCH3 is 2. The van der Waals surface area contributed by atoms with Crippen LogP contribution in [0.25, 0.3) is 5.57 Å². The van der Waals surface area contributed by atoms with Crippen LogP contribution in [-0.4, -0.2) is 52.2 Å². The van der Waals surface area contributed by atoms with Gasteiger partial charge in [0, 0.05) is 49.8 Å². The molecule has 0 atom stereocenters. The first-order chi connectivity index (χ1) is 14.8. The van der Waals surface area contributed by atoms with Crippen molar-refractivity contribution in [2.75, 3.05) is 50.9 Å². The highest BCUT2D eigenvalue weighted by Crippen LogP contribution is 2.42. The van der Waals surface area contributed by atoms with E-state index in [0.29, 0.717) is 29.2 Å². The lowest BCUT2D eigenvalue weighted by Crippen LogP contribution is -2.36. The van der Waals surface area contributed by atoms with Crippen molar-refractivity contribution in [1.29, 1.82) is 0 Å². The fraction of sp³-hybridized carbons (Fsp3) is 0.304. The van der Waals surface area contributed by atoms with Crippen LogP contribution in [-0.2, 0) is 4.79 Å². The second-order valence-corrected chi connectivity index (χ2v) is 7.32. The van der Waals surface area contributed by atoms with Gasteiger partial charge in [0.1, 0.15) is 0 Å². The van der Waals surface area contributed by atoms with Crippen molar-refractivity contribution < 1.29 is 19.1 Å². The number of carbonyl (C=O) groups excluding carboxylic acids is 2. The molecule has 0 fully saturated rings. The quantitative estimate of drug-likeness (QED) is 0.685. The van der Waals surface area contributed by atoms with Crippen LogP contribution in [0.4, 0.5) is 21.9 Å². The number of allylic oxidation sites excluding steroid dienone is 1. The zero-order valence-electron chi connectivity index (χ0n) is 18.7. The molecule has 164 valence electrons. The molecule has 8 nitrogen and oxygen atoms in total. The maximum Gasteiger partial charge on any atom is 0.323 e. The molecule has 3 rings (SSSR count). The minimum Gasteiger partial charge on any atom is -0.493 e. The average Bonchev–Trinajstić information content (AvgIpc) is 3.10. The number of nitrogens with one attached hydrogen (secondary N) is 2. The van der Waals surface area contributed by atoms with Gasteiger partial charge in [-0.1, -0.05) is 6.92 Å². The summed E-state index contributed by atoms with van der Waals surface area (Å²) in [4.78, 5) is 28.0. The maximum absolute atomic E-state index is 12.8. The summed E-state index contributed by atoms with van der Waals surface area (Å²) in [5.41, 5.74) is 4.40. The second-order valence-electron chi connectivity index (χ2n) is 7.32. The molecule has 0 aliphatic carbocycles. The van der Waals surface area contributed by atoms with Gasteiger partial charge in [0.25, 0.3) is 5.91 Å². The summed E-state index contributed by atoms with van der Waals surface area (Å²) in [5, 5.41) is 6.26. The number of anilines is 3. The smallest absolute Gasteiger partial charge is 0.323 e. The molecule has 0 aromatic heterocycles. The first-order valence-corrected chi connectivity index (χ1v) is 9.93. The Morgan fingerprint density at radius 3 is 2.19 bits per heavy atom. The zero-order chi connectivity index (χ0) is 22.7. The Kier molecular flexibility index (Phi) is 6.39. The Balaban J connectivity index is 1.93. The van der Waals surface area contributed by atoms with E-state index in [1.54, 1.807) is 46.3 Å². The van der Waals surface area contributed by atoms with Crippen molar-refractivity contribution in [2.45, 2.75) is 13.3 Å². The molecule has 3 amide bonds. The summed E-state index contributed by atoms with van der Waals surface area (Å²) in [5.74, 6) is 0.937. The van der Waals surface area contributed by atoms with Crippen LogP contribution >= 0.6 is 0 Å². The van der Waals surface area contributed by atoms with Gasteiger partial charge in [-0.15, -0.1) is 0 Å². The SMILES string of the molecule is CCC(Nc1ccc(N(C)C(=O)N(C)C)cc1)=C1C(=O)Nc2cc(OC)c(OC)cc21. The summed E-state index contributed by atoms with van der Waals surface area (Å²) in [6, 6.07) is 10.9. The molecule has 1 aliphatic heterocycles. The molecule has 0 saturated heterocycles. The Hall–Kier alpha value is -3.68. The van der Waals surface area contributed by atoms with Crippen LogP contribution in [0, 0.1) is 0 Å². The van der Waals surface area contributed by atoms with Gasteiger partial charge in [-0.2, -0.15) is 0 Å². The molecule has 31 heavy (non-hydrogen) atoms. The molecular formula is C23H28N4O4. The van der Waals surface area contributed by atoms with Gasteiger partial charge in [0.15, 0.2) is 11.5 Å². The first-order valence-electron chi connectivity index (χ1n) is 9.93. The van der Waals surface area contributed by atoms with Gasteiger partial charge in [-0.05, 0) is 36.8 Å². The first kappa shape index (κ1) is 22.0. The number of urea groups is 1. The lowest BCUT2D eigenvalue weighted by Gasteiger charge is -2.22. The van der Waals surface area contributed by atoms with E-state index < -0.39 is 0 Å². The van der Waals surface area contributed by atoms with Gasteiger partial charge in [-0.25, -0.2) is 4.79 Å². The highest BCUT2D eigenvalue weighted by Gasteiger charge is 2.29. The molecule has 2 N–H and O–H groups in total. The van der Waals surface area contributed by atoms with E-state index in [9.17, 15) is 9.59 Å². The zero-order valence-corrected chi connectivity index (χ0v) is 18.7. The highest BCUT2D eigenvalue weighted by atomic mass is 16.5. The molecule has 0 radical (unpaired) electrons. The van der Waals surface area contributed by atoms with Crippen molar-refractivity contribution in [1.82, 2.24) is 4.90 Å². The van der Waals surface area contributed by atoms with E-state index in [4.69, 9.17) is 9.47 Å². The number of hydrogen-bond acceptors (Lipinski definition) is 5. The summed E-state index contributed by atoms with van der Waals surface area (Å²) >= 11 is 0. The fourth-order valence-electron chi connectivity index (χ4n) is 3.48. The summed E-state index contributed by atoms with van der Waals surface area (Å²) in [6.45, 7) is 1.99. The normalized spacial score (nSPS) is 13.8. The third-order valence-corrected chi connectivity index (χ3v) is 5.14. The summed E-state index contributed by atoms with van der Waals surface area (Å²) in [6.07, 6.45) is 0.622. The number of ether oxygens (including phenoxy) is 2. The van der Waals surface area contributed by atoms with Crippen LogP contribution in [0.1, 0.15) is 18.9 Å². The molecule has 2 aromatic rings. The molecule has 8 heteroatoms. The molecule has 0 spiro atoms. The third kappa shape index (κ3) is 4.28. The van der Waals surface area contributed by atoms with Crippen molar-refractivity contribution in [3.05, 3.63) is 47.7 Å².